The second kappa shape index (κ2) is 5.31. The smallest absolute Gasteiger partial charge is 0.232 e. The summed E-state index contributed by atoms with van der Waals surface area (Å²) in [5, 5.41) is 2.98. The van der Waals surface area contributed by atoms with Gasteiger partial charge in [-0.2, -0.15) is 0 Å². The third kappa shape index (κ3) is 2.51. The SMILES string of the molecule is Cc1ccc(CNC(=O)C2(CN)COC2)c(C)c1C. The van der Waals surface area contributed by atoms with Crippen LogP contribution in [0.15, 0.2) is 12.1 Å². The first-order valence-corrected chi connectivity index (χ1v) is 6.62. The lowest BCUT2D eigenvalue weighted by atomic mass is 9.85. The fraction of sp³-hybridized carbons (Fsp3) is 0.533. The molecule has 104 valence electrons. The molecule has 0 unspecified atom stereocenters. The van der Waals surface area contributed by atoms with E-state index in [-0.39, 0.29) is 5.91 Å². The molecule has 0 bridgehead atoms. The van der Waals surface area contributed by atoms with Crippen LogP contribution in [0.3, 0.4) is 0 Å². The molecule has 0 spiro atoms. The van der Waals surface area contributed by atoms with Crippen LogP contribution in [0, 0.1) is 26.2 Å². The second-order valence-corrected chi connectivity index (χ2v) is 5.45. The number of carbonyl (C=O) groups is 1. The summed E-state index contributed by atoms with van der Waals surface area (Å²) in [4.78, 5) is 12.1. The number of nitrogens with two attached hydrogens (primary N) is 1. The van der Waals surface area contributed by atoms with E-state index in [1.165, 1.54) is 16.7 Å². The van der Waals surface area contributed by atoms with E-state index in [0.29, 0.717) is 26.3 Å². The van der Waals surface area contributed by atoms with Gasteiger partial charge in [-0.1, -0.05) is 12.1 Å². The normalized spacial score (nSPS) is 16.8. The molecule has 1 aromatic carbocycles. The van der Waals surface area contributed by atoms with Crippen LogP contribution in [0.2, 0.25) is 0 Å². The minimum absolute atomic E-state index is 0.00104. The molecule has 4 nitrogen and oxygen atoms in total. The van der Waals surface area contributed by atoms with Crippen molar-refractivity contribution in [3.63, 3.8) is 0 Å². The Kier molecular flexibility index (Phi) is 3.92. The summed E-state index contributed by atoms with van der Waals surface area (Å²) in [6, 6.07) is 4.17. The van der Waals surface area contributed by atoms with Gasteiger partial charge in [0.2, 0.25) is 5.91 Å². The highest BCUT2D eigenvalue weighted by Gasteiger charge is 2.44. The summed E-state index contributed by atoms with van der Waals surface area (Å²) in [7, 11) is 0. The third-order valence-corrected chi connectivity index (χ3v) is 4.24. The third-order valence-electron chi connectivity index (χ3n) is 4.24. The summed E-state index contributed by atoms with van der Waals surface area (Å²) in [6.45, 7) is 8.05. The lowest BCUT2D eigenvalue weighted by Crippen LogP contribution is -2.58. The highest BCUT2D eigenvalue weighted by molar-refractivity contribution is 5.84. The van der Waals surface area contributed by atoms with Crippen molar-refractivity contribution in [3.8, 4) is 0 Å². The molecule has 0 radical (unpaired) electrons. The summed E-state index contributed by atoms with van der Waals surface area (Å²) in [5.41, 5.74) is 10.1. The summed E-state index contributed by atoms with van der Waals surface area (Å²) in [6.07, 6.45) is 0. The number of benzene rings is 1. The number of amides is 1. The van der Waals surface area contributed by atoms with Crippen LogP contribution in [0.4, 0.5) is 0 Å². The molecule has 3 N–H and O–H groups in total. The molecule has 1 heterocycles. The predicted molar refractivity (Wildman–Crippen MR) is 74.8 cm³/mol. The van der Waals surface area contributed by atoms with Crippen LogP contribution in [-0.4, -0.2) is 25.7 Å². The summed E-state index contributed by atoms with van der Waals surface area (Å²) >= 11 is 0. The molecular weight excluding hydrogens is 240 g/mol. The molecule has 0 atom stereocenters. The molecule has 1 aliphatic heterocycles. The largest absolute Gasteiger partial charge is 0.379 e. The number of nitrogens with one attached hydrogen (secondary N) is 1. The van der Waals surface area contributed by atoms with E-state index in [1.807, 2.05) is 0 Å². The van der Waals surface area contributed by atoms with Crippen molar-refractivity contribution in [3.05, 3.63) is 34.4 Å². The van der Waals surface area contributed by atoms with Crippen molar-refractivity contribution in [1.82, 2.24) is 5.32 Å². The topological polar surface area (TPSA) is 64.4 Å². The Labute approximate surface area is 114 Å². The molecule has 1 aliphatic rings. The molecular formula is C15H22N2O2. The predicted octanol–water partition coefficient (Wildman–Crippen LogP) is 1.20. The minimum atomic E-state index is -0.506. The average Bonchev–Trinajstić information content (AvgIpc) is 2.34. The maximum absolute atomic E-state index is 12.1. The highest BCUT2D eigenvalue weighted by atomic mass is 16.5. The van der Waals surface area contributed by atoms with Crippen LogP contribution in [-0.2, 0) is 16.1 Å². The lowest BCUT2D eigenvalue weighted by Gasteiger charge is -2.38. The van der Waals surface area contributed by atoms with Gasteiger partial charge in [-0.05, 0) is 43.0 Å². The fourth-order valence-corrected chi connectivity index (χ4v) is 2.26. The molecule has 1 aromatic rings. The van der Waals surface area contributed by atoms with Gasteiger partial charge in [0, 0.05) is 13.1 Å². The van der Waals surface area contributed by atoms with E-state index >= 15 is 0 Å². The first kappa shape index (κ1) is 14.0. The molecule has 0 aliphatic carbocycles. The van der Waals surface area contributed by atoms with E-state index in [0.717, 1.165) is 5.56 Å². The molecule has 0 saturated carbocycles. The molecule has 19 heavy (non-hydrogen) atoms. The van der Waals surface area contributed by atoms with Crippen molar-refractivity contribution in [2.45, 2.75) is 27.3 Å². The van der Waals surface area contributed by atoms with E-state index in [1.54, 1.807) is 0 Å². The summed E-state index contributed by atoms with van der Waals surface area (Å²) < 4.78 is 5.12. The number of ether oxygens (including phenoxy) is 1. The molecule has 4 heteroatoms. The van der Waals surface area contributed by atoms with E-state index in [2.05, 4.69) is 38.2 Å². The second-order valence-electron chi connectivity index (χ2n) is 5.45. The number of hydrogen-bond donors (Lipinski definition) is 2. The fourth-order valence-electron chi connectivity index (χ4n) is 2.26. The maximum Gasteiger partial charge on any atom is 0.232 e. The van der Waals surface area contributed by atoms with Crippen molar-refractivity contribution >= 4 is 5.91 Å². The van der Waals surface area contributed by atoms with Gasteiger partial charge in [0.15, 0.2) is 0 Å². The van der Waals surface area contributed by atoms with Crippen LogP contribution in [0.5, 0.6) is 0 Å². The zero-order valence-corrected chi connectivity index (χ0v) is 11.9. The van der Waals surface area contributed by atoms with Gasteiger partial charge in [-0.3, -0.25) is 4.79 Å². The van der Waals surface area contributed by atoms with Crippen molar-refractivity contribution < 1.29 is 9.53 Å². The molecule has 1 amide bonds. The monoisotopic (exact) mass is 262 g/mol. The highest BCUT2D eigenvalue weighted by Crippen LogP contribution is 2.26. The standard InChI is InChI=1S/C15H22N2O2/c1-10-4-5-13(12(3)11(10)2)6-17-14(18)15(7-16)8-19-9-15/h4-5H,6-9,16H2,1-3H3,(H,17,18). The van der Waals surface area contributed by atoms with E-state index in [9.17, 15) is 4.79 Å². The van der Waals surface area contributed by atoms with E-state index < -0.39 is 5.41 Å². The van der Waals surface area contributed by atoms with Gasteiger partial charge < -0.3 is 15.8 Å². The van der Waals surface area contributed by atoms with Crippen molar-refractivity contribution in [2.24, 2.45) is 11.1 Å². The zero-order chi connectivity index (χ0) is 14.0. The van der Waals surface area contributed by atoms with Gasteiger partial charge in [0.05, 0.1) is 13.2 Å². The van der Waals surface area contributed by atoms with Crippen LogP contribution in [0.1, 0.15) is 22.3 Å². The van der Waals surface area contributed by atoms with Gasteiger partial charge >= 0.3 is 0 Å². The number of aryl methyl sites for hydroxylation is 1. The first-order valence-electron chi connectivity index (χ1n) is 6.62. The van der Waals surface area contributed by atoms with Gasteiger partial charge in [0.1, 0.15) is 5.41 Å². The maximum atomic E-state index is 12.1. The van der Waals surface area contributed by atoms with Gasteiger partial charge in [0.25, 0.3) is 0 Å². The van der Waals surface area contributed by atoms with Crippen molar-refractivity contribution in [2.75, 3.05) is 19.8 Å². The molecule has 1 fully saturated rings. The van der Waals surface area contributed by atoms with E-state index in [4.69, 9.17) is 10.5 Å². The Morgan fingerprint density at radius 3 is 2.53 bits per heavy atom. The van der Waals surface area contributed by atoms with Crippen LogP contribution < -0.4 is 11.1 Å². The minimum Gasteiger partial charge on any atom is -0.379 e. The Bertz CT molecular complexity index is 488. The first-order chi connectivity index (χ1) is 9.00. The van der Waals surface area contributed by atoms with Crippen LogP contribution in [0.25, 0.3) is 0 Å². The molecule has 2 rings (SSSR count). The van der Waals surface area contributed by atoms with Gasteiger partial charge in [-0.25, -0.2) is 0 Å². The summed E-state index contributed by atoms with van der Waals surface area (Å²) in [5.74, 6) is -0.00104. The quantitative estimate of drug-likeness (QED) is 0.857. The molecule has 1 saturated heterocycles. The van der Waals surface area contributed by atoms with Gasteiger partial charge in [-0.15, -0.1) is 0 Å². The Morgan fingerprint density at radius 2 is 2.00 bits per heavy atom. The van der Waals surface area contributed by atoms with Crippen LogP contribution >= 0.6 is 0 Å². The lowest BCUT2D eigenvalue weighted by molar-refractivity contribution is -0.159. The molecule has 0 aromatic heterocycles. The van der Waals surface area contributed by atoms with Crippen molar-refractivity contribution in [1.29, 1.82) is 0 Å². The zero-order valence-electron chi connectivity index (χ0n) is 11.9. The number of carbonyl (C=O) groups excluding carboxylic acids is 1. The number of rotatable bonds is 4. The number of hydrogen-bond acceptors (Lipinski definition) is 3. The average molecular weight is 262 g/mol. The Balaban J connectivity index is 2.03. The Morgan fingerprint density at radius 1 is 1.32 bits per heavy atom. The Hall–Kier alpha value is -1.39.